The van der Waals surface area contributed by atoms with Gasteiger partial charge in [-0.3, -0.25) is 0 Å². The molecule has 120 valence electrons. The summed E-state index contributed by atoms with van der Waals surface area (Å²) in [5.74, 6) is -4.86. The molecule has 1 heterocycles. The molecule has 0 aliphatic heterocycles. The van der Waals surface area contributed by atoms with Gasteiger partial charge in [-0.2, -0.15) is 26.9 Å². The minimum Gasteiger partial charge on any atom is -0.424 e. The molecule has 0 atom stereocenters. The lowest BCUT2D eigenvalue weighted by atomic mass is 10.3. The fourth-order valence-corrected chi connectivity index (χ4v) is 1.92. The van der Waals surface area contributed by atoms with Crippen LogP contribution >= 0.6 is 27.5 Å². The Hall–Kier alpha value is -1.42. The highest BCUT2D eigenvalue weighted by Gasteiger charge is 2.58. The van der Waals surface area contributed by atoms with Gasteiger partial charge in [0.15, 0.2) is 0 Å². The van der Waals surface area contributed by atoms with Crippen molar-refractivity contribution in [2.45, 2.75) is 18.6 Å². The predicted molar refractivity (Wildman–Crippen MR) is 70.3 cm³/mol. The molecule has 0 amide bonds. The Morgan fingerprint density at radius 1 is 1.23 bits per heavy atom. The molecule has 2 aromatic rings. The fraction of sp³-hybridized carbons (Fsp3) is 0.273. The molecule has 0 aliphatic rings. The second-order valence-electron chi connectivity index (χ2n) is 4.08. The van der Waals surface area contributed by atoms with E-state index in [0.29, 0.717) is 9.70 Å². The summed E-state index contributed by atoms with van der Waals surface area (Å²) >= 11 is 8.52. The largest absolute Gasteiger partial charge is 0.455 e. The number of halogens is 7. The summed E-state index contributed by atoms with van der Waals surface area (Å²) in [5, 5.41) is 3.71. The van der Waals surface area contributed by atoms with Crippen LogP contribution in [0.15, 0.2) is 29.0 Å². The molecule has 2 rings (SSSR count). The van der Waals surface area contributed by atoms with Crippen molar-refractivity contribution >= 4 is 27.5 Å². The zero-order valence-corrected chi connectivity index (χ0v) is 12.8. The van der Waals surface area contributed by atoms with Crippen LogP contribution in [0, 0.1) is 0 Å². The Kier molecular flexibility index (Phi) is 4.62. The number of rotatable bonds is 4. The van der Waals surface area contributed by atoms with E-state index in [9.17, 15) is 22.0 Å². The van der Waals surface area contributed by atoms with E-state index in [-0.39, 0.29) is 10.5 Å². The third-order valence-electron chi connectivity index (χ3n) is 2.38. The summed E-state index contributed by atoms with van der Waals surface area (Å²) < 4.78 is 68.2. The maximum absolute atomic E-state index is 13.1. The minimum atomic E-state index is -5.71. The molecule has 0 saturated carbocycles. The molecule has 1 aromatic carbocycles. The number of hydrogen-bond donors (Lipinski definition) is 0. The van der Waals surface area contributed by atoms with Crippen LogP contribution in [-0.4, -0.2) is 26.9 Å². The van der Waals surface area contributed by atoms with Crippen molar-refractivity contribution in [3.8, 4) is 11.8 Å². The Labute approximate surface area is 134 Å². The summed E-state index contributed by atoms with van der Waals surface area (Å²) in [4.78, 5) is 3.60. The fourth-order valence-electron chi connectivity index (χ4n) is 1.39. The van der Waals surface area contributed by atoms with Gasteiger partial charge < -0.3 is 4.74 Å². The second-order valence-corrected chi connectivity index (χ2v) is 5.23. The first-order valence-electron chi connectivity index (χ1n) is 5.57. The Bertz CT molecular complexity index is 676. The lowest BCUT2D eigenvalue weighted by molar-refractivity contribution is -0.287. The molecule has 1 aromatic heterocycles. The Morgan fingerprint density at radius 2 is 1.91 bits per heavy atom. The topological polar surface area (TPSA) is 39.9 Å². The average Bonchev–Trinajstić information content (AvgIpc) is 2.67. The summed E-state index contributed by atoms with van der Waals surface area (Å²) in [6, 6.07) is 5.29. The molecule has 22 heavy (non-hydrogen) atoms. The van der Waals surface area contributed by atoms with E-state index in [1.54, 1.807) is 0 Å². The summed E-state index contributed by atoms with van der Waals surface area (Å²) in [7, 11) is 0. The third-order valence-corrected chi connectivity index (χ3v) is 2.95. The molecule has 0 spiro atoms. The molecule has 4 nitrogen and oxygen atoms in total. The standard InChI is InChI=1S/C11H6BrClF5N3O/c12-8-19-9(22-7-3-1-2-6(13)4-7)21(20-8)5-10(14,15)11(16,17)18/h1-4H,5H2. The van der Waals surface area contributed by atoms with Crippen molar-refractivity contribution < 1.29 is 26.7 Å². The normalized spacial score (nSPS) is 12.5. The van der Waals surface area contributed by atoms with Crippen LogP contribution in [0.2, 0.25) is 5.02 Å². The quantitative estimate of drug-likeness (QED) is 0.692. The van der Waals surface area contributed by atoms with Crippen LogP contribution < -0.4 is 4.74 Å². The van der Waals surface area contributed by atoms with Crippen molar-refractivity contribution in [3.05, 3.63) is 34.0 Å². The lowest BCUT2D eigenvalue weighted by Crippen LogP contribution is -2.40. The van der Waals surface area contributed by atoms with E-state index in [1.165, 1.54) is 24.3 Å². The summed E-state index contributed by atoms with van der Waals surface area (Å²) in [6.45, 7) is -1.76. The first-order valence-corrected chi connectivity index (χ1v) is 6.74. The molecule has 0 aliphatic carbocycles. The van der Waals surface area contributed by atoms with Gasteiger partial charge in [0.05, 0.1) is 0 Å². The van der Waals surface area contributed by atoms with Crippen LogP contribution in [0.4, 0.5) is 22.0 Å². The molecule has 0 unspecified atom stereocenters. The number of benzene rings is 1. The van der Waals surface area contributed by atoms with Crippen molar-refractivity contribution in [2.75, 3.05) is 0 Å². The molecular weight excluding hydrogens is 400 g/mol. The lowest BCUT2D eigenvalue weighted by Gasteiger charge is -2.19. The third kappa shape index (κ3) is 3.86. The highest BCUT2D eigenvalue weighted by atomic mass is 79.9. The highest BCUT2D eigenvalue weighted by Crippen LogP contribution is 2.37. The summed E-state index contributed by atoms with van der Waals surface area (Å²) in [5.41, 5.74) is 0. The maximum atomic E-state index is 13.1. The van der Waals surface area contributed by atoms with Crippen molar-refractivity contribution in [3.63, 3.8) is 0 Å². The van der Waals surface area contributed by atoms with Gasteiger partial charge in [-0.05, 0) is 34.1 Å². The molecule has 11 heteroatoms. The first-order chi connectivity index (χ1) is 10.1. The highest BCUT2D eigenvalue weighted by molar-refractivity contribution is 9.10. The van der Waals surface area contributed by atoms with Gasteiger partial charge in [-0.25, -0.2) is 4.68 Å². The summed E-state index contributed by atoms with van der Waals surface area (Å²) in [6.07, 6.45) is -5.71. The zero-order chi connectivity index (χ0) is 16.5. The van der Waals surface area contributed by atoms with Gasteiger partial charge in [0.2, 0.25) is 4.73 Å². The van der Waals surface area contributed by atoms with Crippen LogP contribution in [0.1, 0.15) is 0 Å². The van der Waals surface area contributed by atoms with Crippen LogP contribution in [0.25, 0.3) is 0 Å². The van der Waals surface area contributed by atoms with Crippen molar-refractivity contribution in [1.82, 2.24) is 14.8 Å². The number of aromatic nitrogens is 3. The number of hydrogen-bond acceptors (Lipinski definition) is 3. The van der Waals surface area contributed by atoms with E-state index in [0.717, 1.165) is 0 Å². The van der Waals surface area contributed by atoms with Crippen molar-refractivity contribution in [1.29, 1.82) is 0 Å². The van der Waals surface area contributed by atoms with E-state index in [1.807, 2.05) is 0 Å². The molecule has 0 radical (unpaired) electrons. The van der Waals surface area contributed by atoms with Gasteiger partial charge in [0.25, 0.3) is 0 Å². The predicted octanol–water partition coefficient (Wildman–Crippen LogP) is 4.68. The SMILES string of the molecule is FC(F)(F)C(F)(F)Cn1nc(Br)nc1Oc1cccc(Cl)c1. The minimum absolute atomic E-state index is 0.115. The van der Waals surface area contributed by atoms with Crippen LogP contribution in [0.5, 0.6) is 11.8 Å². The van der Waals surface area contributed by atoms with E-state index in [2.05, 4.69) is 26.0 Å². The molecule has 0 N–H and O–H groups in total. The van der Waals surface area contributed by atoms with Gasteiger partial charge in [-0.1, -0.05) is 17.7 Å². The van der Waals surface area contributed by atoms with Crippen LogP contribution in [0.3, 0.4) is 0 Å². The molecule has 0 fully saturated rings. The Morgan fingerprint density at radius 3 is 2.50 bits per heavy atom. The van der Waals surface area contributed by atoms with Gasteiger partial charge in [0.1, 0.15) is 12.3 Å². The molecular formula is C11H6BrClF5N3O. The number of nitrogens with zero attached hydrogens (tertiary/aromatic N) is 3. The maximum Gasteiger partial charge on any atom is 0.455 e. The Balaban J connectivity index is 2.27. The van der Waals surface area contributed by atoms with Gasteiger partial charge in [-0.15, -0.1) is 5.10 Å². The van der Waals surface area contributed by atoms with E-state index >= 15 is 0 Å². The number of ether oxygens (including phenoxy) is 1. The van der Waals surface area contributed by atoms with Gasteiger partial charge >= 0.3 is 18.1 Å². The van der Waals surface area contributed by atoms with E-state index < -0.39 is 24.7 Å². The van der Waals surface area contributed by atoms with Crippen LogP contribution in [-0.2, 0) is 6.54 Å². The monoisotopic (exact) mass is 405 g/mol. The molecule has 0 saturated heterocycles. The number of alkyl halides is 5. The smallest absolute Gasteiger partial charge is 0.424 e. The van der Waals surface area contributed by atoms with Crippen molar-refractivity contribution in [2.24, 2.45) is 0 Å². The zero-order valence-electron chi connectivity index (χ0n) is 10.4. The van der Waals surface area contributed by atoms with Gasteiger partial charge in [0, 0.05) is 5.02 Å². The second kappa shape index (κ2) is 5.99. The first kappa shape index (κ1) is 16.9. The average molecular weight is 407 g/mol. The van der Waals surface area contributed by atoms with E-state index in [4.69, 9.17) is 16.3 Å². The molecule has 0 bridgehead atoms.